The largest absolute Gasteiger partial charge is 0.393 e. The maximum atomic E-state index is 12.9. The van der Waals surface area contributed by atoms with E-state index in [4.69, 9.17) is 0 Å². The quantitative estimate of drug-likeness (QED) is 0.849. The second-order valence-electron chi connectivity index (χ2n) is 5.73. The predicted octanol–water partition coefficient (Wildman–Crippen LogP) is 2.30. The first kappa shape index (κ1) is 17.6. The van der Waals surface area contributed by atoms with E-state index in [2.05, 4.69) is 10.2 Å². The molecule has 23 heavy (non-hydrogen) atoms. The first-order valence-corrected chi connectivity index (χ1v) is 7.75. The number of aromatic nitrogens is 3. The van der Waals surface area contributed by atoms with Crippen molar-refractivity contribution in [1.82, 2.24) is 24.6 Å². The number of amides is 2. The number of aryl methyl sites for hydroxylation is 1. The highest BCUT2D eigenvalue weighted by molar-refractivity contribution is 5.73. The molecule has 9 heteroatoms. The number of hydrogen-bond acceptors (Lipinski definition) is 3. The molecule has 130 valence electrons. The molecule has 1 aliphatic heterocycles. The second-order valence-corrected chi connectivity index (χ2v) is 5.73. The van der Waals surface area contributed by atoms with Gasteiger partial charge in [-0.3, -0.25) is 0 Å². The summed E-state index contributed by atoms with van der Waals surface area (Å²) in [6.45, 7) is 4.88. The van der Waals surface area contributed by atoms with Crippen LogP contribution in [-0.2, 0) is 19.5 Å². The Morgan fingerprint density at radius 2 is 1.96 bits per heavy atom. The van der Waals surface area contributed by atoms with Crippen molar-refractivity contribution >= 4 is 6.03 Å². The Labute approximate surface area is 133 Å². The van der Waals surface area contributed by atoms with Gasteiger partial charge in [0.1, 0.15) is 5.82 Å². The molecule has 1 aromatic heterocycles. The van der Waals surface area contributed by atoms with E-state index < -0.39 is 12.1 Å². The van der Waals surface area contributed by atoms with E-state index in [9.17, 15) is 18.0 Å². The van der Waals surface area contributed by atoms with E-state index in [1.165, 1.54) is 9.47 Å². The summed E-state index contributed by atoms with van der Waals surface area (Å²) in [6, 6.07) is -0.171. The normalized spacial score (nSPS) is 17.7. The maximum absolute atomic E-state index is 12.9. The van der Waals surface area contributed by atoms with Gasteiger partial charge in [0.25, 0.3) is 0 Å². The summed E-state index contributed by atoms with van der Waals surface area (Å²) < 4.78 is 40.3. The van der Waals surface area contributed by atoms with E-state index >= 15 is 0 Å². The van der Waals surface area contributed by atoms with Crippen molar-refractivity contribution in [3.05, 3.63) is 11.6 Å². The highest BCUT2D eigenvalue weighted by atomic mass is 19.4. The number of nitrogens with zero attached hydrogens (tertiary/aromatic N) is 5. The number of carbonyl (C=O) groups excluding carboxylic acids is 1. The number of halogens is 3. The highest BCUT2D eigenvalue weighted by Gasteiger charge is 2.42. The monoisotopic (exact) mass is 333 g/mol. The Hall–Kier alpha value is -1.80. The summed E-state index contributed by atoms with van der Waals surface area (Å²) in [5.41, 5.74) is 0. The van der Waals surface area contributed by atoms with Gasteiger partial charge in [-0.1, -0.05) is 0 Å². The zero-order valence-corrected chi connectivity index (χ0v) is 13.6. The predicted molar refractivity (Wildman–Crippen MR) is 77.7 cm³/mol. The van der Waals surface area contributed by atoms with Crippen LogP contribution in [0.2, 0.25) is 0 Å². The molecule has 0 bridgehead atoms. The van der Waals surface area contributed by atoms with Crippen molar-refractivity contribution in [3.8, 4) is 0 Å². The maximum Gasteiger partial charge on any atom is 0.393 e. The molecule has 0 aliphatic carbocycles. The fourth-order valence-corrected chi connectivity index (χ4v) is 2.78. The van der Waals surface area contributed by atoms with Crippen molar-refractivity contribution in [1.29, 1.82) is 0 Å². The van der Waals surface area contributed by atoms with E-state index in [-0.39, 0.29) is 32.0 Å². The molecular weight excluding hydrogens is 311 g/mol. The minimum Gasteiger partial charge on any atom is -0.325 e. The van der Waals surface area contributed by atoms with Crippen molar-refractivity contribution in [2.75, 3.05) is 20.1 Å². The molecule has 1 aromatic rings. The van der Waals surface area contributed by atoms with Gasteiger partial charge in [-0.25, -0.2) is 4.79 Å². The Kier molecular flexibility index (Phi) is 5.16. The summed E-state index contributed by atoms with van der Waals surface area (Å²) >= 11 is 0. The van der Waals surface area contributed by atoms with Gasteiger partial charge in [0.05, 0.1) is 12.5 Å². The van der Waals surface area contributed by atoms with Gasteiger partial charge in [0, 0.05) is 33.1 Å². The molecule has 0 N–H and O–H groups in total. The number of alkyl halides is 3. The van der Waals surface area contributed by atoms with Crippen LogP contribution in [0.15, 0.2) is 0 Å². The molecule has 2 rings (SSSR count). The molecule has 1 unspecified atom stereocenters. The molecule has 0 saturated heterocycles. The number of rotatable bonds is 4. The Morgan fingerprint density at radius 3 is 2.52 bits per heavy atom. The first-order chi connectivity index (χ1) is 10.8. The van der Waals surface area contributed by atoms with Crippen LogP contribution in [0.25, 0.3) is 0 Å². The van der Waals surface area contributed by atoms with Crippen molar-refractivity contribution < 1.29 is 18.0 Å². The van der Waals surface area contributed by atoms with Crippen LogP contribution in [0.3, 0.4) is 0 Å². The molecule has 6 nitrogen and oxygen atoms in total. The zero-order chi connectivity index (χ0) is 17.2. The Balaban J connectivity index is 2.11. The molecule has 1 atom stereocenters. The standard InChI is InChI=1S/C14H22F3N5O/c1-4-21(5-2)13(23)20(3)9-12-19-18-11-7-6-10(8-22(11)12)14(15,16)17/h10H,4-9H2,1-3H3. The SMILES string of the molecule is CCN(CC)C(=O)N(C)Cc1nnc2n1CC(C(F)(F)F)CC2. The average molecular weight is 333 g/mol. The van der Waals surface area contributed by atoms with E-state index in [0.29, 0.717) is 24.7 Å². The fraction of sp³-hybridized carbons (Fsp3) is 0.786. The van der Waals surface area contributed by atoms with Gasteiger partial charge in [0.15, 0.2) is 5.82 Å². The van der Waals surface area contributed by atoms with Gasteiger partial charge < -0.3 is 14.4 Å². The fourth-order valence-electron chi connectivity index (χ4n) is 2.78. The number of urea groups is 1. The van der Waals surface area contributed by atoms with Gasteiger partial charge in [-0.2, -0.15) is 13.2 Å². The molecule has 0 aromatic carbocycles. The van der Waals surface area contributed by atoms with Crippen LogP contribution in [0.5, 0.6) is 0 Å². The van der Waals surface area contributed by atoms with E-state index in [1.54, 1.807) is 11.9 Å². The number of fused-ring (bicyclic) bond motifs is 1. The van der Waals surface area contributed by atoms with Crippen LogP contribution in [0.1, 0.15) is 31.9 Å². The lowest BCUT2D eigenvalue weighted by molar-refractivity contribution is -0.182. The Bertz CT molecular complexity index is 553. The second kappa shape index (κ2) is 6.76. The molecule has 2 amide bonds. The minimum atomic E-state index is -4.22. The summed E-state index contributed by atoms with van der Waals surface area (Å²) in [6.07, 6.45) is -3.93. The van der Waals surface area contributed by atoms with Crippen LogP contribution in [0.4, 0.5) is 18.0 Å². The lowest BCUT2D eigenvalue weighted by Gasteiger charge is -2.28. The topological polar surface area (TPSA) is 54.3 Å². The third-order valence-electron chi connectivity index (χ3n) is 4.23. The molecule has 0 fully saturated rings. The summed E-state index contributed by atoms with van der Waals surface area (Å²) in [5.74, 6) is -0.422. The molecule has 1 aliphatic rings. The minimum absolute atomic E-state index is 0.0375. The molecular formula is C14H22F3N5O. The number of carbonyl (C=O) groups is 1. The van der Waals surface area contributed by atoms with Crippen molar-refractivity contribution in [2.24, 2.45) is 5.92 Å². The van der Waals surface area contributed by atoms with Gasteiger partial charge in [-0.15, -0.1) is 10.2 Å². The van der Waals surface area contributed by atoms with E-state index in [1.807, 2.05) is 13.8 Å². The lowest BCUT2D eigenvalue weighted by atomic mass is 9.99. The Morgan fingerprint density at radius 1 is 1.30 bits per heavy atom. The van der Waals surface area contributed by atoms with Gasteiger partial charge in [0.2, 0.25) is 0 Å². The summed E-state index contributed by atoms with van der Waals surface area (Å²) in [4.78, 5) is 15.3. The number of hydrogen-bond donors (Lipinski definition) is 0. The smallest absolute Gasteiger partial charge is 0.325 e. The van der Waals surface area contributed by atoms with Crippen molar-refractivity contribution in [3.63, 3.8) is 0 Å². The highest BCUT2D eigenvalue weighted by Crippen LogP contribution is 2.34. The van der Waals surface area contributed by atoms with Gasteiger partial charge in [-0.05, 0) is 20.3 Å². The van der Waals surface area contributed by atoms with Crippen LogP contribution in [-0.4, -0.2) is 56.9 Å². The third kappa shape index (κ3) is 3.76. The van der Waals surface area contributed by atoms with E-state index in [0.717, 1.165) is 0 Å². The molecule has 0 spiro atoms. The van der Waals surface area contributed by atoms with Crippen LogP contribution >= 0.6 is 0 Å². The first-order valence-electron chi connectivity index (χ1n) is 7.75. The van der Waals surface area contributed by atoms with Crippen molar-refractivity contribution in [2.45, 2.75) is 46.0 Å². The average Bonchev–Trinajstić information content (AvgIpc) is 2.89. The van der Waals surface area contributed by atoms with Gasteiger partial charge >= 0.3 is 12.2 Å². The molecule has 0 radical (unpaired) electrons. The van der Waals surface area contributed by atoms with Crippen LogP contribution < -0.4 is 0 Å². The molecule has 2 heterocycles. The summed E-state index contributed by atoms with van der Waals surface area (Å²) in [5, 5.41) is 7.95. The molecule has 0 saturated carbocycles. The zero-order valence-electron chi connectivity index (χ0n) is 13.6. The van der Waals surface area contributed by atoms with Crippen LogP contribution in [0, 0.1) is 5.92 Å². The third-order valence-corrected chi connectivity index (χ3v) is 4.23. The lowest BCUT2D eigenvalue weighted by Crippen LogP contribution is -2.41. The summed E-state index contributed by atoms with van der Waals surface area (Å²) in [7, 11) is 1.62.